The third-order valence-corrected chi connectivity index (χ3v) is 2.28. The average Bonchev–Trinajstić information content (AvgIpc) is 2.36. The minimum absolute atomic E-state index is 0.348. The van der Waals surface area contributed by atoms with Crippen LogP contribution in [0.3, 0.4) is 0 Å². The highest BCUT2D eigenvalue weighted by atomic mass is 16.5. The normalized spacial score (nSPS) is 11.1. The van der Waals surface area contributed by atoms with E-state index in [4.69, 9.17) is 9.47 Å². The van der Waals surface area contributed by atoms with Crippen molar-refractivity contribution in [2.24, 2.45) is 0 Å². The predicted octanol–water partition coefficient (Wildman–Crippen LogP) is 3.09. The highest BCUT2D eigenvalue weighted by Gasteiger charge is 2.04. The maximum absolute atomic E-state index is 11.3. The van der Waals surface area contributed by atoms with Crippen LogP contribution in [0, 0.1) is 0 Å². The lowest BCUT2D eigenvalue weighted by molar-refractivity contribution is -0.138. The fourth-order valence-electron chi connectivity index (χ4n) is 1.29. The summed E-state index contributed by atoms with van der Waals surface area (Å²) in [6, 6.07) is 7.78. The zero-order valence-corrected chi connectivity index (χ0v) is 10.5. The van der Waals surface area contributed by atoms with Crippen molar-refractivity contribution in [2.75, 3.05) is 6.61 Å². The molecule has 92 valence electrons. The molecule has 1 aromatic carbocycles. The van der Waals surface area contributed by atoms with Crippen molar-refractivity contribution in [3.05, 3.63) is 41.7 Å². The molecule has 0 aliphatic heterocycles. The van der Waals surface area contributed by atoms with Gasteiger partial charge in [0.25, 0.3) is 0 Å². The Hall–Kier alpha value is -1.77. The van der Waals surface area contributed by atoms with Gasteiger partial charge >= 0.3 is 5.97 Å². The summed E-state index contributed by atoms with van der Waals surface area (Å²) in [4.78, 5) is 11.3. The van der Waals surface area contributed by atoms with Gasteiger partial charge < -0.3 is 9.47 Å². The molecule has 0 saturated carbocycles. The maximum atomic E-state index is 11.3. The van der Waals surface area contributed by atoms with E-state index in [1.807, 2.05) is 24.3 Å². The van der Waals surface area contributed by atoms with Crippen LogP contribution in [0.25, 0.3) is 0 Å². The highest BCUT2D eigenvalue weighted by Crippen LogP contribution is 2.14. The zero-order chi connectivity index (χ0) is 12.7. The van der Waals surface area contributed by atoms with E-state index in [0.29, 0.717) is 12.2 Å². The van der Waals surface area contributed by atoms with Crippen LogP contribution in [0.2, 0.25) is 0 Å². The van der Waals surface area contributed by atoms with Crippen molar-refractivity contribution < 1.29 is 14.3 Å². The van der Waals surface area contributed by atoms with Crippen molar-refractivity contribution >= 4 is 5.97 Å². The Bertz CT molecular complexity index is 408. The minimum atomic E-state index is -0.348. The van der Waals surface area contributed by atoms with Gasteiger partial charge in [0.2, 0.25) is 0 Å². The van der Waals surface area contributed by atoms with Crippen LogP contribution in [-0.4, -0.2) is 12.6 Å². The number of aryl methyl sites for hydroxylation is 1. The number of ether oxygens (including phenoxy) is 2. The lowest BCUT2D eigenvalue weighted by Crippen LogP contribution is -2.06. The lowest BCUT2D eigenvalue weighted by Gasteiger charge is -2.04. The van der Waals surface area contributed by atoms with Crippen molar-refractivity contribution in [3.63, 3.8) is 0 Å². The van der Waals surface area contributed by atoms with Crippen LogP contribution in [0.1, 0.15) is 26.3 Å². The van der Waals surface area contributed by atoms with Gasteiger partial charge in [-0.15, -0.1) is 0 Å². The summed E-state index contributed by atoms with van der Waals surface area (Å²) in [6.07, 6.45) is 2.38. The molecule has 0 fully saturated rings. The molecular weight excluding hydrogens is 216 g/mol. The Morgan fingerprint density at radius 1 is 1.35 bits per heavy atom. The quantitative estimate of drug-likeness (QED) is 0.446. The van der Waals surface area contributed by atoms with E-state index in [1.54, 1.807) is 13.8 Å². The SMILES string of the molecule is CCOC(=O)/C(C)=C/Oc1cccc(CC)c1. The second-order valence-electron chi connectivity index (χ2n) is 3.64. The van der Waals surface area contributed by atoms with Gasteiger partial charge in [-0.1, -0.05) is 19.1 Å². The fraction of sp³-hybridized carbons (Fsp3) is 0.357. The fourth-order valence-corrected chi connectivity index (χ4v) is 1.29. The summed E-state index contributed by atoms with van der Waals surface area (Å²) >= 11 is 0. The molecule has 0 atom stereocenters. The molecule has 3 nitrogen and oxygen atoms in total. The predicted molar refractivity (Wildman–Crippen MR) is 66.8 cm³/mol. The molecular formula is C14H18O3. The molecule has 0 saturated heterocycles. The minimum Gasteiger partial charge on any atom is -0.464 e. The van der Waals surface area contributed by atoms with Gasteiger partial charge in [-0.25, -0.2) is 4.79 Å². The van der Waals surface area contributed by atoms with Crippen LogP contribution < -0.4 is 4.74 Å². The Balaban J connectivity index is 2.65. The maximum Gasteiger partial charge on any atom is 0.336 e. The summed E-state index contributed by atoms with van der Waals surface area (Å²) in [5, 5.41) is 0. The lowest BCUT2D eigenvalue weighted by atomic mass is 10.2. The van der Waals surface area contributed by atoms with Crippen LogP contribution in [-0.2, 0) is 16.0 Å². The molecule has 0 aliphatic rings. The molecule has 1 aromatic rings. The molecule has 0 heterocycles. The van der Waals surface area contributed by atoms with Gasteiger partial charge in [0, 0.05) is 0 Å². The van der Waals surface area contributed by atoms with Gasteiger partial charge in [-0.2, -0.15) is 0 Å². The Morgan fingerprint density at radius 3 is 2.76 bits per heavy atom. The smallest absolute Gasteiger partial charge is 0.336 e. The van der Waals surface area contributed by atoms with Gasteiger partial charge in [0.05, 0.1) is 12.2 Å². The number of rotatable bonds is 5. The molecule has 3 heteroatoms. The second kappa shape index (κ2) is 6.74. The molecule has 0 N–H and O–H groups in total. The Labute approximate surface area is 102 Å². The molecule has 0 amide bonds. The second-order valence-corrected chi connectivity index (χ2v) is 3.64. The first kappa shape index (κ1) is 13.3. The van der Waals surface area contributed by atoms with Crippen molar-refractivity contribution in [3.8, 4) is 5.75 Å². The first-order valence-electron chi connectivity index (χ1n) is 5.76. The van der Waals surface area contributed by atoms with Gasteiger partial charge in [0.15, 0.2) is 0 Å². The van der Waals surface area contributed by atoms with Crippen LogP contribution in [0.5, 0.6) is 5.75 Å². The van der Waals surface area contributed by atoms with Crippen molar-refractivity contribution in [1.82, 2.24) is 0 Å². The van der Waals surface area contributed by atoms with Crippen LogP contribution in [0.4, 0.5) is 0 Å². The summed E-state index contributed by atoms with van der Waals surface area (Å²) < 4.78 is 10.3. The topological polar surface area (TPSA) is 35.5 Å². The first-order chi connectivity index (χ1) is 8.17. The number of hydrogen-bond donors (Lipinski definition) is 0. The molecule has 1 rings (SSSR count). The number of carbonyl (C=O) groups excluding carboxylic acids is 1. The summed E-state index contributed by atoms with van der Waals surface area (Å²) in [5.74, 6) is 0.382. The molecule has 0 unspecified atom stereocenters. The van der Waals surface area contributed by atoms with E-state index in [9.17, 15) is 4.79 Å². The van der Waals surface area contributed by atoms with Crippen LogP contribution >= 0.6 is 0 Å². The van der Waals surface area contributed by atoms with Crippen LogP contribution in [0.15, 0.2) is 36.1 Å². The van der Waals surface area contributed by atoms with Gasteiger partial charge in [0.1, 0.15) is 12.0 Å². The highest BCUT2D eigenvalue weighted by molar-refractivity contribution is 5.87. The zero-order valence-electron chi connectivity index (χ0n) is 10.5. The van der Waals surface area contributed by atoms with Gasteiger partial charge in [-0.3, -0.25) is 0 Å². The van der Waals surface area contributed by atoms with E-state index in [2.05, 4.69) is 6.92 Å². The summed E-state index contributed by atoms with van der Waals surface area (Å²) in [6.45, 7) is 5.90. The number of benzene rings is 1. The Morgan fingerprint density at radius 2 is 2.12 bits per heavy atom. The largest absolute Gasteiger partial charge is 0.464 e. The number of hydrogen-bond acceptors (Lipinski definition) is 3. The molecule has 0 spiro atoms. The monoisotopic (exact) mass is 234 g/mol. The third-order valence-electron chi connectivity index (χ3n) is 2.28. The molecule has 0 bridgehead atoms. The van der Waals surface area contributed by atoms with E-state index in [0.717, 1.165) is 12.2 Å². The average molecular weight is 234 g/mol. The molecule has 17 heavy (non-hydrogen) atoms. The number of carbonyl (C=O) groups is 1. The molecule has 0 aliphatic carbocycles. The van der Waals surface area contributed by atoms with E-state index in [-0.39, 0.29) is 5.97 Å². The standard InChI is InChI=1S/C14H18O3/c1-4-12-7-6-8-13(9-12)17-10-11(3)14(15)16-5-2/h6-10H,4-5H2,1-3H3/b11-10+. The molecule has 0 radical (unpaired) electrons. The number of esters is 1. The van der Waals surface area contributed by atoms with E-state index >= 15 is 0 Å². The van der Waals surface area contributed by atoms with Crippen molar-refractivity contribution in [1.29, 1.82) is 0 Å². The van der Waals surface area contributed by atoms with Gasteiger partial charge in [-0.05, 0) is 38.0 Å². The first-order valence-corrected chi connectivity index (χ1v) is 5.76. The summed E-state index contributed by atoms with van der Waals surface area (Å²) in [5.41, 5.74) is 1.65. The van der Waals surface area contributed by atoms with E-state index < -0.39 is 0 Å². The summed E-state index contributed by atoms with van der Waals surface area (Å²) in [7, 11) is 0. The third kappa shape index (κ3) is 4.31. The molecule has 0 aromatic heterocycles. The Kier molecular flexibility index (Phi) is 5.27. The van der Waals surface area contributed by atoms with Crippen molar-refractivity contribution in [2.45, 2.75) is 27.2 Å². The van der Waals surface area contributed by atoms with E-state index in [1.165, 1.54) is 11.8 Å².